The summed E-state index contributed by atoms with van der Waals surface area (Å²) >= 11 is 7.41. The molecule has 0 aliphatic carbocycles. The first-order valence-electron chi connectivity index (χ1n) is 8.01. The Labute approximate surface area is 150 Å². The van der Waals surface area contributed by atoms with E-state index < -0.39 is 0 Å². The summed E-state index contributed by atoms with van der Waals surface area (Å²) in [6.45, 7) is 4.29. The van der Waals surface area contributed by atoms with Crippen LogP contribution in [0.3, 0.4) is 0 Å². The zero-order valence-corrected chi connectivity index (χ0v) is 15.1. The molecule has 1 fully saturated rings. The monoisotopic (exact) mass is 362 g/mol. The molecule has 126 valence electrons. The van der Waals surface area contributed by atoms with Crippen LogP contribution >= 0.6 is 22.9 Å². The summed E-state index contributed by atoms with van der Waals surface area (Å²) in [7, 11) is 0. The lowest BCUT2D eigenvalue weighted by molar-refractivity contribution is -0.132. The van der Waals surface area contributed by atoms with Gasteiger partial charge in [0.25, 0.3) is 5.91 Å². The molecule has 4 nitrogen and oxygen atoms in total. The van der Waals surface area contributed by atoms with Crippen molar-refractivity contribution >= 4 is 34.8 Å². The summed E-state index contributed by atoms with van der Waals surface area (Å²) in [6.07, 6.45) is 0.517. The van der Waals surface area contributed by atoms with Crippen LogP contribution in [0.1, 0.15) is 23.0 Å². The average Bonchev–Trinajstić information content (AvgIpc) is 3.11. The van der Waals surface area contributed by atoms with E-state index in [0.29, 0.717) is 37.6 Å². The summed E-state index contributed by atoms with van der Waals surface area (Å²) in [5.74, 6) is 0.201. The number of carbonyl (C=O) groups excluding carboxylic acids is 2. The van der Waals surface area contributed by atoms with E-state index in [2.05, 4.69) is 0 Å². The summed E-state index contributed by atoms with van der Waals surface area (Å²) in [5, 5.41) is 0.700. The van der Waals surface area contributed by atoms with Crippen molar-refractivity contribution in [2.24, 2.45) is 0 Å². The third-order valence-electron chi connectivity index (χ3n) is 4.17. The van der Waals surface area contributed by atoms with E-state index in [0.717, 1.165) is 15.3 Å². The number of carbonyl (C=O) groups is 2. The van der Waals surface area contributed by atoms with Crippen molar-refractivity contribution in [1.29, 1.82) is 0 Å². The number of rotatable bonds is 3. The van der Waals surface area contributed by atoms with Crippen LogP contribution in [-0.2, 0) is 4.79 Å². The van der Waals surface area contributed by atoms with Gasteiger partial charge in [-0.15, -0.1) is 11.3 Å². The van der Waals surface area contributed by atoms with E-state index >= 15 is 0 Å². The first kappa shape index (κ1) is 17.0. The molecule has 2 aromatic rings. The van der Waals surface area contributed by atoms with Gasteiger partial charge in [-0.3, -0.25) is 9.59 Å². The maximum absolute atomic E-state index is 12.7. The van der Waals surface area contributed by atoms with Crippen LogP contribution < -0.4 is 0 Å². The maximum Gasteiger partial charge on any atom is 0.264 e. The fourth-order valence-electron chi connectivity index (χ4n) is 2.76. The van der Waals surface area contributed by atoms with Gasteiger partial charge in [0.15, 0.2) is 0 Å². The highest BCUT2D eigenvalue weighted by Gasteiger charge is 2.25. The van der Waals surface area contributed by atoms with Crippen LogP contribution in [0, 0.1) is 0 Å². The molecule has 0 N–H and O–H groups in total. The summed E-state index contributed by atoms with van der Waals surface area (Å²) < 4.78 is 0. The highest BCUT2D eigenvalue weighted by Crippen LogP contribution is 2.29. The number of piperazine rings is 1. The van der Waals surface area contributed by atoms with E-state index in [1.165, 1.54) is 11.3 Å². The second-order valence-corrected chi connectivity index (χ2v) is 7.22. The number of hydrogen-bond donors (Lipinski definition) is 0. The van der Waals surface area contributed by atoms with E-state index in [1.54, 1.807) is 0 Å². The molecular weight excluding hydrogens is 344 g/mol. The van der Waals surface area contributed by atoms with Gasteiger partial charge in [-0.05, 0) is 29.8 Å². The van der Waals surface area contributed by atoms with Gasteiger partial charge < -0.3 is 9.80 Å². The van der Waals surface area contributed by atoms with Crippen molar-refractivity contribution in [3.8, 4) is 10.4 Å². The normalized spacial score (nSPS) is 14.8. The Hall–Kier alpha value is -1.85. The fourth-order valence-corrected chi connectivity index (χ4v) is 3.87. The molecule has 1 aliphatic rings. The largest absolute Gasteiger partial charge is 0.339 e. The number of halogens is 1. The van der Waals surface area contributed by atoms with Gasteiger partial charge in [0.05, 0.1) is 4.88 Å². The zero-order chi connectivity index (χ0) is 17.1. The zero-order valence-electron chi connectivity index (χ0n) is 13.5. The molecule has 2 heterocycles. The van der Waals surface area contributed by atoms with Crippen molar-refractivity contribution in [2.75, 3.05) is 26.2 Å². The number of amides is 2. The van der Waals surface area contributed by atoms with Crippen LogP contribution in [0.5, 0.6) is 0 Å². The minimum atomic E-state index is 0.0452. The van der Waals surface area contributed by atoms with Crippen molar-refractivity contribution in [3.05, 3.63) is 46.3 Å². The lowest BCUT2D eigenvalue weighted by atomic mass is 10.2. The molecule has 3 rings (SSSR count). The Bertz CT molecular complexity index is 734. The molecule has 0 bridgehead atoms. The van der Waals surface area contributed by atoms with Gasteiger partial charge in [-0.2, -0.15) is 0 Å². The molecule has 0 radical (unpaired) electrons. The fraction of sp³-hybridized carbons (Fsp3) is 0.333. The number of thiophene rings is 1. The van der Waals surface area contributed by atoms with Gasteiger partial charge in [0.2, 0.25) is 5.91 Å². The lowest BCUT2D eigenvalue weighted by Gasteiger charge is -2.34. The third kappa shape index (κ3) is 3.62. The Balaban J connectivity index is 1.66. The molecule has 1 aliphatic heterocycles. The van der Waals surface area contributed by atoms with Crippen molar-refractivity contribution in [2.45, 2.75) is 13.3 Å². The molecule has 0 saturated carbocycles. The second kappa shape index (κ2) is 7.36. The van der Waals surface area contributed by atoms with Gasteiger partial charge >= 0.3 is 0 Å². The number of nitrogens with zero attached hydrogens (tertiary/aromatic N) is 2. The third-order valence-corrected chi connectivity index (χ3v) is 5.54. The van der Waals surface area contributed by atoms with E-state index in [1.807, 2.05) is 53.1 Å². The van der Waals surface area contributed by atoms with E-state index in [9.17, 15) is 9.59 Å². The number of hydrogen-bond acceptors (Lipinski definition) is 3. The van der Waals surface area contributed by atoms with Crippen LogP contribution in [0.4, 0.5) is 0 Å². The highest BCUT2D eigenvalue weighted by molar-refractivity contribution is 7.17. The summed E-state index contributed by atoms with van der Waals surface area (Å²) in [6, 6.07) is 11.5. The Kier molecular flexibility index (Phi) is 5.21. The van der Waals surface area contributed by atoms with Crippen LogP contribution in [0.25, 0.3) is 10.4 Å². The van der Waals surface area contributed by atoms with Gasteiger partial charge in [-0.25, -0.2) is 0 Å². The molecule has 1 aromatic heterocycles. The standard InChI is InChI=1S/C18H19ClN2O2S/c1-2-17(22)20-9-11-21(12-10-20)18(23)16-8-7-15(24-16)13-3-5-14(19)6-4-13/h3-8H,2,9-12H2,1H3. The van der Waals surface area contributed by atoms with Gasteiger partial charge in [-0.1, -0.05) is 30.7 Å². The highest BCUT2D eigenvalue weighted by atomic mass is 35.5. The minimum absolute atomic E-state index is 0.0452. The summed E-state index contributed by atoms with van der Waals surface area (Å²) in [4.78, 5) is 29.8. The summed E-state index contributed by atoms with van der Waals surface area (Å²) in [5.41, 5.74) is 1.06. The topological polar surface area (TPSA) is 40.6 Å². The SMILES string of the molecule is CCC(=O)N1CCN(C(=O)c2ccc(-c3ccc(Cl)cc3)s2)CC1. The first-order chi connectivity index (χ1) is 11.6. The van der Waals surface area contributed by atoms with Crippen molar-refractivity contribution < 1.29 is 9.59 Å². The quantitative estimate of drug-likeness (QED) is 0.834. The predicted molar refractivity (Wildman–Crippen MR) is 97.5 cm³/mol. The molecule has 6 heteroatoms. The van der Waals surface area contributed by atoms with Crippen molar-refractivity contribution in [1.82, 2.24) is 9.80 Å². The minimum Gasteiger partial charge on any atom is -0.339 e. The van der Waals surface area contributed by atoms with E-state index in [4.69, 9.17) is 11.6 Å². The number of benzene rings is 1. The van der Waals surface area contributed by atoms with Crippen LogP contribution in [-0.4, -0.2) is 47.8 Å². The average molecular weight is 363 g/mol. The first-order valence-corrected chi connectivity index (χ1v) is 9.20. The lowest BCUT2D eigenvalue weighted by Crippen LogP contribution is -2.50. The Morgan fingerprint density at radius 3 is 2.25 bits per heavy atom. The molecule has 0 spiro atoms. The molecule has 0 atom stereocenters. The molecule has 0 unspecified atom stereocenters. The molecule has 24 heavy (non-hydrogen) atoms. The van der Waals surface area contributed by atoms with Gasteiger partial charge in [0, 0.05) is 42.5 Å². The van der Waals surface area contributed by atoms with E-state index in [-0.39, 0.29) is 11.8 Å². The Morgan fingerprint density at radius 1 is 1.00 bits per heavy atom. The Morgan fingerprint density at radius 2 is 1.62 bits per heavy atom. The molecule has 1 saturated heterocycles. The second-order valence-electron chi connectivity index (χ2n) is 5.70. The smallest absolute Gasteiger partial charge is 0.264 e. The van der Waals surface area contributed by atoms with Crippen LogP contribution in [0.2, 0.25) is 5.02 Å². The van der Waals surface area contributed by atoms with Gasteiger partial charge in [0.1, 0.15) is 0 Å². The van der Waals surface area contributed by atoms with Crippen molar-refractivity contribution in [3.63, 3.8) is 0 Å². The molecule has 1 aromatic carbocycles. The maximum atomic E-state index is 12.7. The van der Waals surface area contributed by atoms with Crippen LogP contribution in [0.15, 0.2) is 36.4 Å². The molecule has 2 amide bonds. The molecular formula is C18H19ClN2O2S. The predicted octanol–water partition coefficient (Wildman–Crippen LogP) is 3.76.